The van der Waals surface area contributed by atoms with Crippen LogP contribution in [0.3, 0.4) is 0 Å². The second kappa shape index (κ2) is 12.4. The van der Waals surface area contributed by atoms with Gasteiger partial charge in [0.1, 0.15) is 22.9 Å². The van der Waals surface area contributed by atoms with Gasteiger partial charge in [-0.15, -0.1) is 0 Å². The molecule has 12 heteroatoms. The third kappa shape index (κ3) is 6.30. The van der Waals surface area contributed by atoms with Crippen molar-refractivity contribution in [1.82, 2.24) is 8.87 Å². The number of piperidine rings is 1. The molecule has 4 rings (SSSR count). The zero-order chi connectivity index (χ0) is 30.8. The molecule has 1 aromatic heterocycles. The number of methoxy groups -OCH3 is 2. The summed E-state index contributed by atoms with van der Waals surface area (Å²) in [5, 5.41) is 0.313. The number of carbonyl (C=O) groups is 2. The summed E-state index contributed by atoms with van der Waals surface area (Å²) in [5.74, 6) is -0.377. The maximum atomic E-state index is 14.6. The maximum absolute atomic E-state index is 14.6. The molecule has 0 aliphatic carbocycles. The minimum Gasteiger partial charge on any atom is -0.495 e. The topological polar surface area (TPSA) is 113 Å². The fraction of sp³-hybridized carbons (Fsp3) is 0.467. The number of esters is 1. The average Bonchev–Trinajstić information content (AvgIpc) is 3.40. The molecule has 0 spiro atoms. The highest BCUT2D eigenvalue weighted by Crippen LogP contribution is 2.42. The fourth-order valence-electron chi connectivity index (χ4n) is 5.30. The van der Waals surface area contributed by atoms with Crippen LogP contribution in [0.5, 0.6) is 5.75 Å². The Kier molecular flexibility index (Phi) is 9.29. The van der Waals surface area contributed by atoms with Gasteiger partial charge in [-0.05, 0) is 75.9 Å². The number of benzene rings is 2. The number of halogens is 1. The van der Waals surface area contributed by atoms with Crippen LogP contribution in [0, 0.1) is 6.92 Å². The van der Waals surface area contributed by atoms with Gasteiger partial charge in [-0.25, -0.2) is 22.4 Å². The van der Waals surface area contributed by atoms with Crippen LogP contribution in [0.25, 0.3) is 10.9 Å². The molecule has 3 aromatic rings. The van der Waals surface area contributed by atoms with Gasteiger partial charge in [0.15, 0.2) is 0 Å². The minimum atomic E-state index is -4.25. The first-order valence-electron chi connectivity index (χ1n) is 13.6. The van der Waals surface area contributed by atoms with E-state index in [2.05, 4.69) is 0 Å². The number of rotatable bonds is 8. The minimum absolute atomic E-state index is 0.0767. The van der Waals surface area contributed by atoms with Gasteiger partial charge in [0.2, 0.25) is 10.0 Å². The van der Waals surface area contributed by atoms with Crippen LogP contribution in [-0.4, -0.2) is 75.1 Å². The molecule has 0 N–H and O–H groups in total. The van der Waals surface area contributed by atoms with Gasteiger partial charge in [0, 0.05) is 18.1 Å². The van der Waals surface area contributed by atoms with Crippen LogP contribution < -0.4 is 4.74 Å². The molecule has 2 heterocycles. The number of fused-ring (bicyclic) bond motifs is 1. The van der Waals surface area contributed by atoms with E-state index < -0.39 is 40.4 Å². The summed E-state index contributed by atoms with van der Waals surface area (Å²) in [6, 6.07) is 8.98. The van der Waals surface area contributed by atoms with Crippen molar-refractivity contribution < 1.29 is 41.3 Å². The Morgan fingerprint density at radius 1 is 1.10 bits per heavy atom. The number of aromatic nitrogens is 1. The summed E-state index contributed by atoms with van der Waals surface area (Å²) in [6.45, 7) is 6.37. The number of alkyl halides is 1. The zero-order valence-corrected chi connectivity index (χ0v) is 25.5. The number of carbonyl (C=O) groups excluding carboxylic acids is 2. The fourth-order valence-corrected chi connectivity index (χ4v) is 7.26. The molecular weight excluding hydrogens is 567 g/mol. The van der Waals surface area contributed by atoms with Gasteiger partial charge in [-0.1, -0.05) is 12.1 Å². The molecule has 0 unspecified atom stereocenters. The van der Waals surface area contributed by atoms with Crippen molar-refractivity contribution in [3.63, 3.8) is 0 Å². The van der Waals surface area contributed by atoms with E-state index >= 15 is 0 Å². The van der Waals surface area contributed by atoms with Gasteiger partial charge >= 0.3 is 12.1 Å². The van der Waals surface area contributed by atoms with Crippen molar-refractivity contribution in [2.24, 2.45) is 0 Å². The van der Waals surface area contributed by atoms with Crippen LogP contribution in [0.4, 0.5) is 9.18 Å². The molecule has 0 radical (unpaired) electrons. The maximum Gasteiger partial charge on any atom is 0.419 e. The van der Waals surface area contributed by atoms with Crippen LogP contribution in [0.1, 0.15) is 61.1 Å². The van der Waals surface area contributed by atoms with Crippen molar-refractivity contribution in [3.05, 3.63) is 59.3 Å². The molecule has 2 atom stereocenters. The lowest BCUT2D eigenvalue weighted by molar-refractivity contribution is -0.00131. The molecule has 1 aliphatic heterocycles. The molecule has 10 nitrogen and oxygen atoms in total. The normalized spacial score (nSPS) is 18.2. The molecular formula is C30H37FN2O8S. The standard InChI is InChI=1S/C30H37FN2O8S/c1-19-17-25(38-5)27(23-12-14-32(26(19)23)29(35)41-30(2,3)4)42(36,37)33-15-11-22(40-16-13-31)18-24(33)20-7-9-21(10-8-20)28(34)39-6/h7-10,12,14,17,22,24H,11,13,15-16,18H2,1-6H3/t22-,24-/m0/s1. The third-order valence-electron chi connectivity index (χ3n) is 7.11. The van der Waals surface area contributed by atoms with Crippen LogP contribution in [0.15, 0.2) is 47.5 Å². The number of hydrogen-bond acceptors (Lipinski definition) is 8. The third-order valence-corrected chi connectivity index (χ3v) is 9.10. The Morgan fingerprint density at radius 3 is 2.38 bits per heavy atom. The van der Waals surface area contributed by atoms with Gasteiger partial charge in [0.05, 0.1) is 44.1 Å². The first kappa shape index (κ1) is 31.5. The monoisotopic (exact) mass is 604 g/mol. The predicted octanol–water partition coefficient (Wildman–Crippen LogP) is 5.41. The summed E-state index contributed by atoms with van der Waals surface area (Å²) in [4.78, 5) is 25.0. The number of nitrogens with zero attached hydrogens (tertiary/aromatic N) is 2. The van der Waals surface area contributed by atoms with Crippen molar-refractivity contribution in [2.45, 2.75) is 63.2 Å². The molecule has 0 bridgehead atoms. The predicted molar refractivity (Wildman–Crippen MR) is 154 cm³/mol. The lowest BCUT2D eigenvalue weighted by Crippen LogP contribution is -2.43. The second-order valence-corrected chi connectivity index (χ2v) is 12.9. The molecule has 42 heavy (non-hydrogen) atoms. The number of hydrogen-bond donors (Lipinski definition) is 0. The van der Waals surface area contributed by atoms with Crippen LogP contribution in [0.2, 0.25) is 0 Å². The SMILES string of the molecule is COC(=O)c1ccc([C@@H]2C[C@@H](OCCF)CCN2S(=O)(=O)c2c(OC)cc(C)c3c2ccn3C(=O)OC(C)(C)C)cc1. The van der Waals surface area contributed by atoms with Crippen LogP contribution in [-0.2, 0) is 24.2 Å². The molecule has 1 aliphatic rings. The summed E-state index contributed by atoms with van der Waals surface area (Å²) in [7, 11) is -1.57. The summed E-state index contributed by atoms with van der Waals surface area (Å²) < 4.78 is 66.3. The van der Waals surface area contributed by atoms with E-state index in [0.717, 1.165) is 0 Å². The zero-order valence-electron chi connectivity index (χ0n) is 24.7. The quantitative estimate of drug-likeness (QED) is 0.314. The molecule has 0 amide bonds. The largest absolute Gasteiger partial charge is 0.495 e. The lowest BCUT2D eigenvalue weighted by Gasteiger charge is -2.39. The Balaban J connectivity index is 1.84. The first-order chi connectivity index (χ1) is 19.8. The Morgan fingerprint density at radius 2 is 1.79 bits per heavy atom. The van der Waals surface area contributed by atoms with Crippen molar-refractivity contribution >= 4 is 33.0 Å². The highest BCUT2D eigenvalue weighted by atomic mass is 32.2. The number of sulfonamides is 1. The second-order valence-electron chi connectivity index (χ2n) is 11.1. The van der Waals surface area contributed by atoms with Crippen LogP contribution >= 0.6 is 0 Å². The summed E-state index contributed by atoms with van der Waals surface area (Å²) >= 11 is 0. The molecule has 0 saturated carbocycles. The van der Waals surface area contributed by atoms with E-state index in [0.29, 0.717) is 34.0 Å². The van der Waals surface area contributed by atoms with E-state index in [1.165, 1.54) is 29.3 Å². The van der Waals surface area contributed by atoms with E-state index in [9.17, 15) is 22.4 Å². The van der Waals surface area contributed by atoms with Crippen molar-refractivity contribution in [3.8, 4) is 5.75 Å². The highest BCUT2D eigenvalue weighted by molar-refractivity contribution is 7.89. The van der Waals surface area contributed by atoms with E-state index in [-0.39, 0.29) is 36.3 Å². The average molecular weight is 605 g/mol. The highest BCUT2D eigenvalue weighted by Gasteiger charge is 2.41. The summed E-state index contributed by atoms with van der Waals surface area (Å²) in [6.07, 6.45) is 1.11. The first-order valence-corrected chi connectivity index (χ1v) is 15.1. The Bertz CT molecular complexity index is 1560. The summed E-state index contributed by atoms with van der Waals surface area (Å²) in [5.41, 5.74) is 1.22. The molecule has 1 fully saturated rings. The van der Waals surface area contributed by atoms with Gasteiger partial charge in [-0.2, -0.15) is 4.31 Å². The molecule has 1 saturated heterocycles. The lowest BCUT2D eigenvalue weighted by atomic mass is 9.94. The van der Waals surface area contributed by atoms with Gasteiger partial charge in [0.25, 0.3) is 0 Å². The Labute approximate surface area is 245 Å². The van der Waals surface area contributed by atoms with E-state index in [1.807, 2.05) is 0 Å². The van der Waals surface area contributed by atoms with Crippen molar-refractivity contribution in [2.75, 3.05) is 34.0 Å². The van der Waals surface area contributed by atoms with E-state index in [4.69, 9.17) is 18.9 Å². The van der Waals surface area contributed by atoms with Gasteiger partial charge in [-0.3, -0.25) is 4.57 Å². The van der Waals surface area contributed by atoms with Crippen molar-refractivity contribution in [1.29, 1.82) is 0 Å². The molecule has 2 aromatic carbocycles. The smallest absolute Gasteiger partial charge is 0.419 e. The van der Waals surface area contributed by atoms with Gasteiger partial charge < -0.3 is 18.9 Å². The number of aryl methyl sites for hydroxylation is 1. The Hall–Kier alpha value is -3.48. The number of ether oxygens (including phenoxy) is 4. The van der Waals surface area contributed by atoms with E-state index in [1.54, 1.807) is 64.1 Å². The molecule has 228 valence electrons.